The number of rotatable bonds is 31. The van der Waals surface area contributed by atoms with Crippen molar-refractivity contribution in [1.29, 1.82) is 0 Å². The molecular weight excluding hydrogens is 1040 g/mol. The van der Waals surface area contributed by atoms with E-state index in [1.54, 1.807) is 49.9 Å². The van der Waals surface area contributed by atoms with E-state index in [1.165, 1.54) is 29.2 Å². The van der Waals surface area contributed by atoms with Gasteiger partial charge in [-0.2, -0.15) is 0 Å². The normalized spacial score (nSPS) is 21.6. The van der Waals surface area contributed by atoms with E-state index < -0.39 is 47.8 Å². The summed E-state index contributed by atoms with van der Waals surface area (Å²) >= 11 is 0. The summed E-state index contributed by atoms with van der Waals surface area (Å²) in [6.07, 6.45) is 6.19. The molecule has 1 saturated carbocycles. The molecule has 21 heteroatoms. The van der Waals surface area contributed by atoms with Gasteiger partial charge in [0.1, 0.15) is 11.6 Å². The van der Waals surface area contributed by atoms with Gasteiger partial charge in [-0.3, -0.25) is 57.8 Å². The van der Waals surface area contributed by atoms with Gasteiger partial charge < -0.3 is 39.7 Å². The lowest BCUT2D eigenvalue weighted by Gasteiger charge is -2.41. The Hall–Kier alpha value is -5.77. The number of imide groups is 1. The molecule has 0 aromatic heterocycles. The van der Waals surface area contributed by atoms with Crippen LogP contribution in [-0.2, 0) is 57.5 Å². The molecule has 3 fully saturated rings. The SMILES string of the molecule is CCC(C)C(C(CC(=O)N1CCC[C@H]1C(OC)C(C)C(=O)N[C@@]1(C(=O)N2CCCCO2)C[C@@H]1c1ccccc1)OC)N(C)C(=O)C(NC(=O)C(C(C)C)N(C)CCCC(=O)N(C)CCN(C)C(=O)CCCN1C(=O)C=CC1=O)C(C)C. The molecule has 1 aliphatic carbocycles. The van der Waals surface area contributed by atoms with Crippen LogP contribution in [0.1, 0.15) is 131 Å². The maximum Gasteiger partial charge on any atom is 0.272 e. The van der Waals surface area contributed by atoms with Gasteiger partial charge in [0, 0.05) is 99.0 Å². The van der Waals surface area contributed by atoms with Crippen LogP contribution in [0.15, 0.2) is 42.5 Å². The fourth-order valence-electron chi connectivity index (χ4n) is 12.0. The molecule has 1 aromatic carbocycles. The second kappa shape index (κ2) is 30.5. The van der Waals surface area contributed by atoms with Crippen LogP contribution < -0.4 is 10.6 Å². The second-order valence-corrected chi connectivity index (χ2v) is 23.6. The van der Waals surface area contributed by atoms with E-state index in [-0.39, 0.29) is 103 Å². The standard InChI is InChI=1S/C60H95N9O12/c1-14-41(6)54(46(79-12)37-51(74)67-31-20-25-45(67)55(80-13)42(7)56(75)62-60(59(78)69-33-18-19-36-81-69)38-44(60)43-23-16-15-17-24-43)66(11)58(77)52(39(2)3)61-57(76)53(40(4)5)65(10)30-21-26-47(70)63(8)34-35-64(9)48(71)27-22-32-68-49(72)28-29-50(68)73/h15-17,23-24,28-29,39-42,44-46,52-55H,14,18-22,25-27,30-38H2,1-13H3,(H,61,76)(H,62,75)/t41?,42?,44-,45+,46?,52?,53?,54?,55?,60+/m1/s1. The van der Waals surface area contributed by atoms with Gasteiger partial charge in [-0.15, -0.1) is 0 Å². The molecule has 0 spiro atoms. The van der Waals surface area contributed by atoms with Crippen molar-refractivity contribution in [3.63, 3.8) is 0 Å². The summed E-state index contributed by atoms with van der Waals surface area (Å²) in [5.74, 6) is -4.02. The van der Waals surface area contributed by atoms with Crippen molar-refractivity contribution < 1.29 is 57.5 Å². The predicted molar refractivity (Wildman–Crippen MR) is 305 cm³/mol. The van der Waals surface area contributed by atoms with Gasteiger partial charge in [0.2, 0.25) is 35.4 Å². The first kappa shape index (κ1) is 66.0. The van der Waals surface area contributed by atoms with Gasteiger partial charge in [-0.1, -0.05) is 85.2 Å². The van der Waals surface area contributed by atoms with Gasteiger partial charge in [0.25, 0.3) is 17.7 Å². The lowest BCUT2D eigenvalue weighted by atomic mass is 9.89. The minimum atomic E-state index is -1.17. The minimum Gasteiger partial charge on any atom is -0.379 e. The van der Waals surface area contributed by atoms with Crippen molar-refractivity contribution in [2.45, 2.75) is 167 Å². The van der Waals surface area contributed by atoms with E-state index in [2.05, 4.69) is 10.6 Å². The van der Waals surface area contributed by atoms with Gasteiger partial charge in [-0.05, 0) is 81.9 Å². The summed E-state index contributed by atoms with van der Waals surface area (Å²) in [6.45, 7) is 16.0. The number of hydroxylamine groups is 2. The zero-order valence-electron chi connectivity index (χ0n) is 50.6. The topological polar surface area (TPSA) is 228 Å². The summed E-state index contributed by atoms with van der Waals surface area (Å²) in [7, 11) is 9.95. The van der Waals surface area contributed by atoms with Crippen molar-refractivity contribution in [2.24, 2.45) is 23.7 Å². The van der Waals surface area contributed by atoms with E-state index in [9.17, 15) is 43.2 Å². The third-order valence-corrected chi connectivity index (χ3v) is 17.2. The number of likely N-dealkylation sites (N-methyl/N-ethyl adjacent to an activating group) is 4. The van der Waals surface area contributed by atoms with Gasteiger partial charge >= 0.3 is 0 Å². The van der Waals surface area contributed by atoms with Crippen LogP contribution in [0.25, 0.3) is 0 Å². The van der Waals surface area contributed by atoms with E-state index in [4.69, 9.17) is 14.3 Å². The van der Waals surface area contributed by atoms with Crippen molar-refractivity contribution in [3.05, 3.63) is 48.0 Å². The predicted octanol–water partition coefficient (Wildman–Crippen LogP) is 4.00. The first-order valence-corrected chi connectivity index (χ1v) is 29.4. The second-order valence-electron chi connectivity index (χ2n) is 23.6. The molecule has 9 amide bonds. The molecule has 5 rings (SSSR count). The number of ether oxygens (including phenoxy) is 2. The molecular formula is C60H95N9O12. The van der Waals surface area contributed by atoms with Crippen molar-refractivity contribution in [2.75, 3.05) is 88.3 Å². The largest absolute Gasteiger partial charge is 0.379 e. The molecule has 2 saturated heterocycles. The molecule has 3 aliphatic heterocycles. The van der Waals surface area contributed by atoms with Gasteiger partial charge in [-0.25, -0.2) is 5.06 Å². The smallest absolute Gasteiger partial charge is 0.272 e. The Morgan fingerprint density at radius 2 is 1.41 bits per heavy atom. The summed E-state index contributed by atoms with van der Waals surface area (Å²) < 4.78 is 12.2. The van der Waals surface area contributed by atoms with E-state index in [0.717, 1.165) is 23.3 Å². The molecule has 4 aliphatic rings. The monoisotopic (exact) mass is 1130 g/mol. The number of likely N-dealkylation sites (tertiary alicyclic amines) is 1. The molecule has 81 heavy (non-hydrogen) atoms. The highest BCUT2D eigenvalue weighted by molar-refractivity contribution is 6.12. The van der Waals surface area contributed by atoms with Gasteiger partial charge in [0.05, 0.1) is 49.3 Å². The number of hydrogen-bond acceptors (Lipinski definition) is 13. The highest BCUT2D eigenvalue weighted by atomic mass is 16.7. The van der Waals surface area contributed by atoms with Crippen LogP contribution in [0.2, 0.25) is 0 Å². The molecule has 0 radical (unpaired) electrons. The van der Waals surface area contributed by atoms with Crippen LogP contribution in [-0.4, -0.2) is 218 Å². The molecule has 0 bridgehead atoms. The fourth-order valence-corrected chi connectivity index (χ4v) is 12.0. The molecule has 21 nitrogen and oxygen atoms in total. The lowest BCUT2D eigenvalue weighted by molar-refractivity contribution is -0.200. The third kappa shape index (κ3) is 16.7. The van der Waals surface area contributed by atoms with Crippen molar-refractivity contribution in [3.8, 4) is 0 Å². The zero-order valence-corrected chi connectivity index (χ0v) is 50.6. The zero-order chi connectivity index (χ0) is 59.9. The maximum atomic E-state index is 14.8. The summed E-state index contributed by atoms with van der Waals surface area (Å²) in [6, 6.07) is 7.15. The van der Waals surface area contributed by atoms with Crippen LogP contribution in [0, 0.1) is 23.7 Å². The van der Waals surface area contributed by atoms with Crippen LogP contribution >= 0.6 is 0 Å². The molecule has 10 atom stereocenters. The Bertz CT molecular complexity index is 2350. The van der Waals surface area contributed by atoms with E-state index >= 15 is 0 Å². The maximum absolute atomic E-state index is 14.8. The minimum absolute atomic E-state index is 0.0517. The van der Waals surface area contributed by atoms with Crippen LogP contribution in [0.5, 0.6) is 0 Å². The Labute approximate surface area is 481 Å². The molecule has 452 valence electrons. The average Bonchev–Trinajstić information content (AvgIpc) is 4.07. The fraction of sp³-hybridized carbons (Fsp3) is 0.717. The lowest BCUT2D eigenvalue weighted by Crippen LogP contribution is -2.60. The molecule has 1 aromatic rings. The first-order valence-electron chi connectivity index (χ1n) is 29.4. The Morgan fingerprint density at radius 3 is 1.96 bits per heavy atom. The van der Waals surface area contributed by atoms with Crippen molar-refractivity contribution >= 4 is 53.2 Å². The number of amides is 9. The molecule has 7 unspecified atom stereocenters. The van der Waals surface area contributed by atoms with Crippen LogP contribution in [0.3, 0.4) is 0 Å². The number of nitrogens with zero attached hydrogens (tertiary/aromatic N) is 7. The Balaban J connectivity index is 1.17. The molecule has 3 heterocycles. The Kier molecular flexibility index (Phi) is 24.9. The number of carbonyl (C=O) groups excluding carboxylic acids is 9. The molecule has 2 N–H and O–H groups in total. The first-order chi connectivity index (χ1) is 38.4. The van der Waals surface area contributed by atoms with Gasteiger partial charge in [0.15, 0.2) is 0 Å². The number of methoxy groups -OCH3 is 2. The quantitative estimate of drug-likeness (QED) is 0.100. The van der Waals surface area contributed by atoms with Crippen LogP contribution in [0.4, 0.5) is 0 Å². The number of benzene rings is 1. The van der Waals surface area contributed by atoms with E-state index in [1.807, 2.05) is 83.8 Å². The summed E-state index contributed by atoms with van der Waals surface area (Å²) in [5.41, 5.74) is -0.216. The van der Waals surface area contributed by atoms with E-state index in [0.29, 0.717) is 77.9 Å². The average molecular weight is 1130 g/mol. The Morgan fingerprint density at radius 1 is 0.778 bits per heavy atom. The van der Waals surface area contributed by atoms with Crippen molar-refractivity contribution in [1.82, 2.24) is 45.1 Å². The number of carbonyl (C=O) groups is 9. The summed E-state index contributed by atoms with van der Waals surface area (Å²) in [4.78, 5) is 137. The number of hydrogen-bond donors (Lipinski definition) is 2. The third-order valence-electron chi connectivity index (χ3n) is 17.2. The highest BCUT2D eigenvalue weighted by Gasteiger charge is 2.64. The highest BCUT2D eigenvalue weighted by Crippen LogP contribution is 2.53. The number of nitrogens with one attached hydrogen (secondary N) is 2. The summed E-state index contributed by atoms with van der Waals surface area (Å²) in [5, 5.41) is 7.65.